The molecule has 2 aliphatic rings. The number of benzene rings is 1. The van der Waals surface area contributed by atoms with Crippen molar-refractivity contribution in [2.45, 2.75) is 25.2 Å². The van der Waals surface area contributed by atoms with Crippen LogP contribution in [0.1, 0.15) is 12.0 Å². The van der Waals surface area contributed by atoms with E-state index in [1.54, 1.807) is 0 Å². The molecule has 1 aromatic carbocycles. The van der Waals surface area contributed by atoms with Crippen LogP contribution >= 0.6 is 0 Å². The van der Waals surface area contributed by atoms with Gasteiger partial charge in [0.15, 0.2) is 0 Å². The van der Waals surface area contributed by atoms with E-state index in [1.165, 1.54) is 5.01 Å². The topological polar surface area (TPSA) is 67.9 Å². The third-order valence-electron chi connectivity index (χ3n) is 3.27. The number of hydrogen-bond donors (Lipinski definition) is 1. The van der Waals surface area contributed by atoms with Crippen molar-refractivity contribution >= 4 is 12.2 Å². The zero-order chi connectivity index (χ0) is 13.9. The molecule has 0 saturated carbocycles. The summed E-state index contributed by atoms with van der Waals surface area (Å²) in [6.07, 6.45) is 2.90. The minimum Gasteiger partial charge on any atom is -0.443 e. The Morgan fingerprint density at radius 1 is 1.40 bits per heavy atom. The SMILES string of the molecule is O=C(NN1C(=O)O[C@@H]2C=CC[C@@H]21)OCc1ccccc1. The van der Waals surface area contributed by atoms with E-state index in [2.05, 4.69) is 5.43 Å². The summed E-state index contributed by atoms with van der Waals surface area (Å²) in [7, 11) is 0. The van der Waals surface area contributed by atoms with Gasteiger partial charge in [-0.25, -0.2) is 20.0 Å². The molecule has 0 aromatic heterocycles. The standard InChI is InChI=1S/C14H14N2O4/c17-13(19-9-10-5-2-1-3-6-10)15-16-11-7-4-8-12(11)20-14(16)18/h1-6,8,11-12H,7,9H2,(H,15,17)/t11-,12+/m0/s1. The number of rotatable bonds is 3. The van der Waals surface area contributed by atoms with Gasteiger partial charge in [-0.2, -0.15) is 0 Å². The van der Waals surface area contributed by atoms with Crippen LogP contribution in [0.2, 0.25) is 0 Å². The van der Waals surface area contributed by atoms with Crippen LogP contribution in [0.5, 0.6) is 0 Å². The maximum atomic E-state index is 11.7. The lowest BCUT2D eigenvalue weighted by Gasteiger charge is -2.20. The van der Waals surface area contributed by atoms with Crippen LogP contribution in [0, 0.1) is 0 Å². The van der Waals surface area contributed by atoms with Gasteiger partial charge in [0.25, 0.3) is 0 Å². The van der Waals surface area contributed by atoms with E-state index >= 15 is 0 Å². The maximum absolute atomic E-state index is 11.7. The van der Waals surface area contributed by atoms with Gasteiger partial charge in [0.2, 0.25) is 0 Å². The Balaban J connectivity index is 1.53. The molecular formula is C14H14N2O4. The lowest BCUT2D eigenvalue weighted by molar-refractivity contribution is 0.0992. The maximum Gasteiger partial charge on any atom is 0.429 e. The highest BCUT2D eigenvalue weighted by Crippen LogP contribution is 2.26. The van der Waals surface area contributed by atoms with Gasteiger partial charge in [-0.15, -0.1) is 0 Å². The summed E-state index contributed by atoms with van der Waals surface area (Å²) in [5, 5.41) is 1.19. The van der Waals surface area contributed by atoms with Crippen molar-refractivity contribution < 1.29 is 19.1 Å². The summed E-state index contributed by atoms with van der Waals surface area (Å²) in [5.41, 5.74) is 3.31. The largest absolute Gasteiger partial charge is 0.443 e. The predicted molar refractivity (Wildman–Crippen MR) is 69.4 cm³/mol. The van der Waals surface area contributed by atoms with Gasteiger partial charge >= 0.3 is 12.2 Å². The highest BCUT2D eigenvalue weighted by atomic mass is 16.6. The lowest BCUT2D eigenvalue weighted by Crippen LogP contribution is -2.48. The van der Waals surface area contributed by atoms with Crippen LogP contribution < -0.4 is 5.43 Å². The van der Waals surface area contributed by atoms with Gasteiger partial charge in [0.1, 0.15) is 18.8 Å². The number of nitrogens with one attached hydrogen (secondary N) is 1. The molecule has 3 rings (SSSR count). The smallest absolute Gasteiger partial charge is 0.429 e. The first-order chi connectivity index (χ1) is 9.74. The molecule has 0 spiro atoms. The molecule has 0 bridgehead atoms. The number of ether oxygens (including phenoxy) is 2. The summed E-state index contributed by atoms with van der Waals surface area (Å²) in [4.78, 5) is 23.3. The minimum atomic E-state index is -0.668. The second kappa shape index (κ2) is 5.24. The van der Waals surface area contributed by atoms with E-state index in [-0.39, 0.29) is 18.8 Å². The molecule has 6 nitrogen and oxygen atoms in total. The Kier molecular flexibility index (Phi) is 3.28. The van der Waals surface area contributed by atoms with Gasteiger partial charge in [0.05, 0.1) is 0 Å². The zero-order valence-corrected chi connectivity index (χ0v) is 10.7. The zero-order valence-electron chi connectivity index (χ0n) is 10.7. The van der Waals surface area contributed by atoms with Crippen LogP contribution in [0.15, 0.2) is 42.5 Å². The highest BCUT2D eigenvalue weighted by molar-refractivity contribution is 5.76. The van der Waals surface area contributed by atoms with Crippen LogP contribution in [-0.4, -0.2) is 29.3 Å². The molecule has 2 atom stereocenters. The number of fused-ring (bicyclic) bond motifs is 1. The average molecular weight is 274 g/mol. The minimum absolute atomic E-state index is 0.155. The monoisotopic (exact) mass is 274 g/mol. The van der Waals surface area contributed by atoms with Crippen molar-refractivity contribution in [2.75, 3.05) is 0 Å². The first kappa shape index (κ1) is 12.5. The molecule has 0 unspecified atom stereocenters. The van der Waals surface area contributed by atoms with Crippen LogP contribution in [0.3, 0.4) is 0 Å². The van der Waals surface area contributed by atoms with E-state index in [1.807, 2.05) is 42.5 Å². The van der Waals surface area contributed by atoms with Crippen molar-refractivity contribution in [1.82, 2.24) is 10.4 Å². The van der Waals surface area contributed by atoms with Crippen LogP contribution in [0.4, 0.5) is 9.59 Å². The van der Waals surface area contributed by atoms with Crippen molar-refractivity contribution in [1.29, 1.82) is 0 Å². The molecule has 1 aliphatic carbocycles. The van der Waals surface area contributed by atoms with E-state index in [9.17, 15) is 9.59 Å². The molecule has 1 aliphatic heterocycles. The normalized spacial score (nSPS) is 23.4. The first-order valence-electron chi connectivity index (χ1n) is 6.38. The Hall–Kier alpha value is -2.50. The van der Waals surface area contributed by atoms with Crippen molar-refractivity contribution in [2.24, 2.45) is 0 Å². The summed E-state index contributed by atoms with van der Waals surface area (Å²) in [6, 6.07) is 9.15. The summed E-state index contributed by atoms with van der Waals surface area (Å²) in [5.74, 6) is 0. The number of nitrogens with zero attached hydrogens (tertiary/aromatic N) is 1. The molecule has 104 valence electrons. The third-order valence-corrected chi connectivity index (χ3v) is 3.27. The van der Waals surface area contributed by atoms with Crippen molar-refractivity contribution in [3.8, 4) is 0 Å². The second-order valence-electron chi connectivity index (χ2n) is 4.62. The summed E-state index contributed by atoms with van der Waals surface area (Å²) in [6.45, 7) is 0.155. The number of carbonyl (C=O) groups is 2. The molecule has 1 fully saturated rings. The molecule has 6 heteroatoms. The average Bonchev–Trinajstić information content (AvgIpc) is 3.01. The fourth-order valence-corrected chi connectivity index (χ4v) is 2.28. The molecule has 1 saturated heterocycles. The number of hydrazine groups is 1. The van der Waals surface area contributed by atoms with Gasteiger partial charge in [-0.05, 0) is 18.1 Å². The fraction of sp³-hybridized carbons (Fsp3) is 0.286. The number of carbonyl (C=O) groups excluding carboxylic acids is 2. The fourth-order valence-electron chi connectivity index (χ4n) is 2.28. The lowest BCUT2D eigenvalue weighted by atomic mass is 10.2. The first-order valence-corrected chi connectivity index (χ1v) is 6.38. The van der Waals surface area contributed by atoms with E-state index in [0.717, 1.165) is 5.56 Å². The van der Waals surface area contributed by atoms with E-state index in [0.29, 0.717) is 6.42 Å². The Morgan fingerprint density at radius 2 is 2.20 bits per heavy atom. The second-order valence-corrected chi connectivity index (χ2v) is 4.62. The number of hydrogen-bond acceptors (Lipinski definition) is 4. The molecule has 0 radical (unpaired) electrons. The summed E-state index contributed by atoms with van der Waals surface area (Å²) >= 11 is 0. The Labute approximate surface area is 115 Å². The molecule has 2 amide bonds. The van der Waals surface area contributed by atoms with Gasteiger partial charge in [-0.3, -0.25) is 0 Å². The molecule has 1 N–H and O–H groups in total. The van der Waals surface area contributed by atoms with Gasteiger partial charge in [0, 0.05) is 0 Å². The third kappa shape index (κ3) is 2.45. The van der Waals surface area contributed by atoms with Crippen LogP contribution in [0.25, 0.3) is 0 Å². The van der Waals surface area contributed by atoms with Gasteiger partial charge < -0.3 is 9.47 Å². The van der Waals surface area contributed by atoms with Gasteiger partial charge in [-0.1, -0.05) is 36.4 Å². The number of amides is 2. The molecule has 1 aromatic rings. The van der Waals surface area contributed by atoms with Crippen molar-refractivity contribution in [3.05, 3.63) is 48.0 Å². The Bertz CT molecular complexity index is 543. The predicted octanol–water partition coefficient (Wildman–Crippen LogP) is 1.98. The molecule has 20 heavy (non-hydrogen) atoms. The van der Waals surface area contributed by atoms with Crippen LogP contribution in [-0.2, 0) is 16.1 Å². The quantitative estimate of drug-likeness (QED) is 0.856. The van der Waals surface area contributed by atoms with E-state index in [4.69, 9.17) is 9.47 Å². The molecule has 1 heterocycles. The molecular weight excluding hydrogens is 260 g/mol. The Morgan fingerprint density at radius 3 is 3.00 bits per heavy atom. The van der Waals surface area contributed by atoms with Crippen molar-refractivity contribution in [3.63, 3.8) is 0 Å². The van der Waals surface area contributed by atoms with E-state index < -0.39 is 12.2 Å². The summed E-state index contributed by atoms with van der Waals surface area (Å²) < 4.78 is 10.2. The highest BCUT2D eigenvalue weighted by Gasteiger charge is 2.43.